The van der Waals surface area contributed by atoms with Gasteiger partial charge in [-0.15, -0.1) is 0 Å². The summed E-state index contributed by atoms with van der Waals surface area (Å²) in [7, 11) is 1.27. The maximum Gasteiger partial charge on any atom is 0.343 e. The van der Waals surface area contributed by atoms with Crippen molar-refractivity contribution >= 4 is 67.7 Å². The number of nitrogens with zero attached hydrogens (tertiary/aromatic N) is 2. The van der Waals surface area contributed by atoms with Crippen LogP contribution in [0, 0.1) is 0 Å². The number of allylic oxidation sites excluding steroid dienone is 1. The number of methoxy groups -OCH3 is 1. The average molecular weight is 806 g/mol. The molecule has 0 radical (unpaired) electrons. The lowest BCUT2D eigenvalue weighted by Gasteiger charge is -2.25. The van der Waals surface area contributed by atoms with Gasteiger partial charge in [0.15, 0.2) is 22.9 Å². The summed E-state index contributed by atoms with van der Waals surface area (Å²) in [4.78, 5) is 44.8. The van der Waals surface area contributed by atoms with Gasteiger partial charge in [-0.05, 0) is 88.9 Å². The molecule has 1 aliphatic rings. The zero-order chi connectivity index (χ0) is 36.9. The minimum Gasteiger partial charge on any atom is -0.490 e. The van der Waals surface area contributed by atoms with E-state index >= 15 is 0 Å². The molecular formula is C39H34BrClN2O8S. The Kier molecular flexibility index (Phi) is 11.5. The van der Waals surface area contributed by atoms with E-state index in [2.05, 4.69) is 34.1 Å². The van der Waals surface area contributed by atoms with Crippen LogP contribution in [0.1, 0.15) is 43.5 Å². The maximum atomic E-state index is 14.4. The molecule has 52 heavy (non-hydrogen) atoms. The van der Waals surface area contributed by atoms with Gasteiger partial charge in [-0.2, -0.15) is 0 Å². The van der Waals surface area contributed by atoms with Gasteiger partial charge in [0.05, 0.1) is 46.6 Å². The maximum absolute atomic E-state index is 14.4. The van der Waals surface area contributed by atoms with Crippen LogP contribution in [0.3, 0.4) is 0 Å². The van der Waals surface area contributed by atoms with Gasteiger partial charge >= 0.3 is 11.9 Å². The third kappa shape index (κ3) is 7.64. The van der Waals surface area contributed by atoms with E-state index in [1.54, 1.807) is 50.3 Å². The van der Waals surface area contributed by atoms with Crippen LogP contribution in [0.4, 0.5) is 0 Å². The second kappa shape index (κ2) is 16.2. The fourth-order valence-electron chi connectivity index (χ4n) is 5.93. The standard InChI is InChI=1S/C39H34BrClN2O8S/c1-5-48-31-17-24(14-15-30(31)50-21-33(44)47-4)35-34(38(46)49-6-2)22(3)42-39-43(35)37(45)32(52-39)18-26-16-27(41)19-29(40)36(26)51-20-25-12-9-11-23-10-7-8-13-28(23)25/h7-19,35H,5-6,20-21H2,1-4H3/b32-18+/t35-/m0/s1. The average Bonchev–Trinajstić information content (AvgIpc) is 3.43. The van der Waals surface area contributed by atoms with E-state index in [0.717, 1.165) is 16.3 Å². The number of fused-ring (bicyclic) bond motifs is 2. The molecule has 0 saturated carbocycles. The molecule has 5 aromatic rings. The Morgan fingerprint density at radius 2 is 1.77 bits per heavy atom. The summed E-state index contributed by atoms with van der Waals surface area (Å²) in [5.74, 6) is -0.0393. The lowest BCUT2D eigenvalue weighted by Crippen LogP contribution is -2.40. The topological polar surface area (TPSA) is 115 Å². The lowest BCUT2D eigenvalue weighted by atomic mass is 9.95. The van der Waals surface area contributed by atoms with Crippen molar-refractivity contribution in [3.63, 3.8) is 0 Å². The monoisotopic (exact) mass is 804 g/mol. The van der Waals surface area contributed by atoms with Gasteiger partial charge in [-0.1, -0.05) is 71.5 Å². The van der Waals surface area contributed by atoms with Crippen molar-refractivity contribution in [3.05, 3.63) is 130 Å². The van der Waals surface area contributed by atoms with Crippen molar-refractivity contribution in [2.45, 2.75) is 33.4 Å². The molecule has 1 aliphatic heterocycles. The zero-order valence-corrected chi connectivity index (χ0v) is 31.9. The van der Waals surface area contributed by atoms with Gasteiger partial charge < -0.3 is 23.7 Å². The number of esters is 2. The quantitative estimate of drug-likeness (QED) is 0.125. The van der Waals surface area contributed by atoms with Gasteiger partial charge in [0, 0.05) is 10.6 Å². The number of benzene rings is 4. The third-order valence-corrected chi connectivity index (χ3v) is 10.0. The molecule has 13 heteroatoms. The van der Waals surface area contributed by atoms with Gasteiger partial charge in [0.1, 0.15) is 12.4 Å². The zero-order valence-electron chi connectivity index (χ0n) is 28.7. The Bertz CT molecular complexity index is 2400. The highest BCUT2D eigenvalue weighted by Gasteiger charge is 2.34. The summed E-state index contributed by atoms with van der Waals surface area (Å²) in [5.41, 5.74) is 2.35. The SMILES string of the molecule is CCOC(=O)C1=C(C)N=c2s/c(=C/c3cc(Cl)cc(Br)c3OCc3cccc4ccccc34)c(=O)n2[C@H]1c1ccc(OCC(=O)OC)c(OCC)c1. The largest absolute Gasteiger partial charge is 0.490 e. The molecule has 0 bridgehead atoms. The van der Waals surface area contributed by atoms with Crippen molar-refractivity contribution in [1.82, 2.24) is 4.57 Å². The number of hydrogen-bond donors (Lipinski definition) is 0. The highest BCUT2D eigenvalue weighted by Crippen LogP contribution is 2.37. The summed E-state index contributed by atoms with van der Waals surface area (Å²) in [6.45, 7) is 5.59. The highest BCUT2D eigenvalue weighted by molar-refractivity contribution is 9.10. The van der Waals surface area contributed by atoms with Crippen LogP contribution in [-0.2, 0) is 25.7 Å². The normalized spacial score (nSPS) is 14.1. The molecule has 268 valence electrons. The molecule has 2 heterocycles. The van der Waals surface area contributed by atoms with Gasteiger partial charge in [-0.25, -0.2) is 14.6 Å². The molecule has 1 atom stereocenters. The summed E-state index contributed by atoms with van der Waals surface area (Å²) < 4.78 is 30.5. The molecule has 0 aliphatic carbocycles. The molecule has 10 nitrogen and oxygen atoms in total. The Morgan fingerprint density at radius 1 is 0.981 bits per heavy atom. The van der Waals surface area contributed by atoms with E-state index in [-0.39, 0.29) is 31.0 Å². The number of carbonyl (C=O) groups is 2. The minimum atomic E-state index is -0.917. The molecule has 0 unspecified atom stereocenters. The van der Waals surface area contributed by atoms with Gasteiger partial charge in [0.2, 0.25) is 0 Å². The number of carbonyl (C=O) groups excluding carboxylic acids is 2. The van der Waals surface area contributed by atoms with Crippen LogP contribution >= 0.6 is 38.9 Å². The van der Waals surface area contributed by atoms with Crippen molar-refractivity contribution in [2.75, 3.05) is 26.9 Å². The van der Waals surface area contributed by atoms with E-state index in [9.17, 15) is 14.4 Å². The molecule has 0 N–H and O–H groups in total. The summed E-state index contributed by atoms with van der Waals surface area (Å²) in [6, 6.07) is 21.7. The predicted octanol–water partition coefficient (Wildman–Crippen LogP) is 6.90. The van der Waals surface area contributed by atoms with E-state index in [4.69, 9.17) is 40.3 Å². The molecule has 0 amide bonds. The Hall–Kier alpha value is -4.91. The lowest BCUT2D eigenvalue weighted by molar-refractivity contribution is -0.143. The van der Waals surface area contributed by atoms with Crippen molar-refractivity contribution in [1.29, 1.82) is 0 Å². The number of halogens is 2. The molecular weight excluding hydrogens is 772 g/mol. The van der Waals surface area contributed by atoms with Gasteiger partial charge in [0.25, 0.3) is 5.56 Å². The first-order valence-corrected chi connectivity index (χ1v) is 18.4. The van der Waals surface area contributed by atoms with Crippen molar-refractivity contribution < 1.29 is 33.3 Å². The number of ether oxygens (including phenoxy) is 5. The third-order valence-electron chi connectivity index (χ3n) is 8.25. The van der Waals surface area contributed by atoms with Crippen molar-refractivity contribution in [3.8, 4) is 17.2 Å². The Labute approximate surface area is 316 Å². The van der Waals surface area contributed by atoms with E-state index in [1.165, 1.54) is 23.0 Å². The molecule has 0 saturated heterocycles. The molecule has 6 rings (SSSR count). The predicted molar refractivity (Wildman–Crippen MR) is 203 cm³/mol. The van der Waals surface area contributed by atoms with Gasteiger partial charge in [-0.3, -0.25) is 9.36 Å². The fraction of sp³-hybridized carbons (Fsp3) is 0.231. The van der Waals surface area contributed by atoms with Crippen LogP contribution in [-0.4, -0.2) is 43.4 Å². The van der Waals surface area contributed by atoms with Crippen LogP contribution in [0.25, 0.3) is 16.8 Å². The first-order chi connectivity index (χ1) is 25.1. The van der Waals surface area contributed by atoms with Crippen LogP contribution in [0.15, 0.2) is 98.3 Å². The Balaban J connectivity index is 1.46. The first-order valence-electron chi connectivity index (χ1n) is 16.4. The summed E-state index contributed by atoms with van der Waals surface area (Å²) in [6.07, 6.45) is 1.72. The molecule has 0 fully saturated rings. The van der Waals surface area contributed by atoms with E-state index in [1.807, 2.05) is 31.2 Å². The van der Waals surface area contributed by atoms with E-state index in [0.29, 0.717) is 59.5 Å². The Morgan fingerprint density at radius 3 is 2.54 bits per heavy atom. The summed E-state index contributed by atoms with van der Waals surface area (Å²) in [5, 5.41) is 2.62. The number of rotatable bonds is 12. The second-order valence-electron chi connectivity index (χ2n) is 11.5. The smallest absolute Gasteiger partial charge is 0.343 e. The first kappa shape index (κ1) is 36.9. The summed E-state index contributed by atoms with van der Waals surface area (Å²) >= 11 is 11.3. The highest BCUT2D eigenvalue weighted by atomic mass is 79.9. The minimum absolute atomic E-state index is 0.127. The fourth-order valence-corrected chi connectivity index (χ4v) is 7.92. The van der Waals surface area contributed by atoms with Crippen LogP contribution in [0.2, 0.25) is 5.02 Å². The van der Waals surface area contributed by atoms with Crippen LogP contribution < -0.4 is 29.1 Å². The number of thiazole rings is 1. The molecule has 1 aromatic heterocycles. The van der Waals surface area contributed by atoms with Crippen molar-refractivity contribution in [2.24, 2.45) is 4.99 Å². The molecule has 4 aromatic carbocycles. The molecule has 0 spiro atoms. The van der Waals surface area contributed by atoms with E-state index < -0.39 is 18.0 Å². The second-order valence-corrected chi connectivity index (χ2v) is 13.8. The van der Waals surface area contributed by atoms with Crippen LogP contribution in [0.5, 0.6) is 17.2 Å². The number of hydrogen-bond acceptors (Lipinski definition) is 10. The number of aromatic nitrogens is 1.